The first-order valence-corrected chi connectivity index (χ1v) is 10.3. The molecule has 0 unspecified atom stereocenters. The third-order valence-corrected chi connectivity index (χ3v) is 7.32. The number of carbonyl (C=O) groups is 2. The summed E-state index contributed by atoms with van der Waals surface area (Å²) in [5, 5.41) is 3.09. The van der Waals surface area contributed by atoms with Crippen molar-refractivity contribution in [1.29, 1.82) is 0 Å². The summed E-state index contributed by atoms with van der Waals surface area (Å²) < 4.78 is 5.00. The number of aryl methyl sites for hydroxylation is 2. The number of ether oxygens (including phenoxy) is 1. The molecule has 4 saturated carbocycles. The molecule has 1 N–H and O–H groups in total. The predicted molar refractivity (Wildman–Crippen MR) is 104 cm³/mol. The highest BCUT2D eigenvalue weighted by atomic mass is 16.5. The molecule has 4 heteroatoms. The zero-order valence-electron chi connectivity index (χ0n) is 16.7. The van der Waals surface area contributed by atoms with E-state index in [1.165, 1.54) is 37.5 Å². The van der Waals surface area contributed by atoms with Crippen LogP contribution in [-0.4, -0.2) is 25.0 Å². The molecule has 0 saturated heterocycles. The number of nitrogens with one attached hydrogen (secondary N) is 1. The quantitative estimate of drug-likeness (QED) is 0.805. The van der Waals surface area contributed by atoms with E-state index in [1.54, 1.807) is 0 Å². The molecule has 4 aliphatic carbocycles. The fourth-order valence-corrected chi connectivity index (χ4v) is 6.20. The fraction of sp³-hybridized carbons (Fsp3) is 0.652. The third kappa shape index (κ3) is 3.51. The first kappa shape index (κ1) is 18.5. The van der Waals surface area contributed by atoms with E-state index in [0.717, 1.165) is 24.8 Å². The molecular formula is C23H31NO3. The summed E-state index contributed by atoms with van der Waals surface area (Å²) in [5.41, 5.74) is 3.23. The van der Waals surface area contributed by atoms with Crippen molar-refractivity contribution in [3.63, 3.8) is 0 Å². The standard InChI is InChI=1S/C23H31NO3/c1-14-4-5-16(6-15(14)2)10-20(21(25)27-3)24-22(26)23-11-17-7-18(12-23)9-19(8-17)13-23/h4-6,17-20H,7-13H2,1-3H3,(H,24,26)/t17?,18?,19?,20-,23?/m1/s1. The van der Waals surface area contributed by atoms with E-state index >= 15 is 0 Å². The van der Waals surface area contributed by atoms with E-state index in [2.05, 4.69) is 31.3 Å². The number of amides is 1. The van der Waals surface area contributed by atoms with Gasteiger partial charge in [-0.15, -0.1) is 0 Å². The van der Waals surface area contributed by atoms with Gasteiger partial charge in [0.25, 0.3) is 0 Å². The minimum atomic E-state index is -0.613. The smallest absolute Gasteiger partial charge is 0.328 e. The van der Waals surface area contributed by atoms with E-state index < -0.39 is 6.04 Å². The van der Waals surface area contributed by atoms with Crippen LogP contribution < -0.4 is 5.32 Å². The molecule has 0 aromatic heterocycles. The largest absolute Gasteiger partial charge is 0.467 e. The van der Waals surface area contributed by atoms with Crippen LogP contribution in [0.5, 0.6) is 0 Å². The molecule has 0 spiro atoms. The van der Waals surface area contributed by atoms with Crippen LogP contribution in [0.25, 0.3) is 0 Å². The number of hydrogen-bond acceptors (Lipinski definition) is 3. The number of hydrogen-bond donors (Lipinski definition) is 1. The lowest BCUT2D eigenvalue weighted by Gasteiger charge is -2.55. The Morgan fingerprint density at radius 2 is 1.67 bits per heavy atom. The maximum Gasteiger partial charge on any atom is 0.328 e. The normalized spacial score (nSPS) is 32.2. The Labute approximate surface area is 162 Å². The van der Waals surface area contributed by atoms with E-state index in [9.17, 15) is 9.59 Å². The van der Waals surface area contributed by atoms with Crippen molar-refractivity contribution in [2.24, 2.45) is 23.2 Å². The van der Waals surface area contributed by atoms with Crippen molar-refractivity contribution in [3.8, 4) is 0 Å². The molecule has 1 atom stereocenters. The molecule has 4 nitrogen and oxygen atoms in total. The van der Waals surface area contributed by atoms with Gasteiger partial charge in [-0.2, -0.15) is 0 Å². The second kappa shape index (κ2) is 6.96. The Balaban J connectivity index is 1.50. The van der Waals surface area contributed by atoms with Gasteiger partial charge < -0.3 is 10.1 Å². The number of esters is 1. The fourth-order valence-electron chi connectivity index (χ4n) is 6.20. The SMILES string of the molecule is COC(=O)[C@@H](Cc1ccc(C)c(C)c1)NC(=O)C12CC3CC(CC(C3)C1)C2. The predicted octanol–water partition coefficient (Wildman–Crippen LogP) is 3.72. The van der Waals surface area contributed by atoms with Crippen LogP contribution in [0.4, 0.5) is 0 Å². The van der Waals surface area contributed by atoms with Crippen LogP contribution in [0.1, 0.15) is 55.2 Å². The summed E-state index contributed by atoms with van der Waals surface area (Å²) in [7, 11) is 1.40. The van der Waals surface area contributed by atoms with Crippen LogP contribution in [0.3, 0.4) is 0 Å². The molecule has 1 amide bonds. The van der Waals surface area contributed by atoms with Gasteiger partial charge in [0, 0.05) is 11.8 Å². The highest BCUT2D eigenvalue weighted by molar-refractivity contribution is 5.88. The Morgan fingerprint density at radius 1 is 1.07 bits per heavy atom. The van der Waals surface area contributed by atoms with Crippen LogP contribution in [0.2, 0.25) is 0 Å². The summed E-state index contributed by atoms with van der Waals surface area (Å²) in [4.78, 5) is 25.7. The lowest BCUT2D eigenvalue weighted by Crippen LogP contribution is -2.56. The number of rotatable bonds is 5. The first-order valence-electron chi connectivity index (χ1n) is 10.3. The van der Waals surface area contributed by atoms with E-state index in [0.29, 0.717) is 24.2 Å². The van der Waals surface area contributed by atoms with E-state index in [-0.39, 0.29) is 17.3 Å². The van der Waals surface area contributed by atoms with Gasteiger partial charge in [0.15, 0.2) is 0 Å². The van der Waals surface area contributed by atoms with Gasteiger partial charge >= 0.3 is 5.97 Å². The van der Waals surface area contributed by atoms with Gasteiger partial charge in [-0.05, 0) is 86.8 Å². The second-order valence-electron chi connectivity index (χ2n) is 9.37. The average molecular weight is 370 g/mol. The molecular weight excluding hydrogens is 338 g/mol. The highest BCUT2D eigenvalue weighted by Gasteiger charge is 2.55. The molecule has 5 rings (SSSR count). The Bertz CT molecular complexity index is 719. The van der Waals surface area contributed by atoms with Crippen LogP contribution in [-0.2, 0) is 20.7 Å². The molecule has 0 heterocycles. The maximum atomic E-state index is 13.3. The molecule has 4 aliphatic rings. The molecule has 1 aromatic rings. The van der Waals surface area contributed by atoms with Crippen molar-refractivity contribution >= 4 is 11.9 Å². The summed E-state index contributed by atoms with van der Waals surface area (Å²) in [5.74, 6) is 1.85. The van der Waals surface area contributed by atoms with E-state index in [4.69, 9.17) is 4.74 Å². The molecule has 146 valence electrons. The van der Waals surface area contributed by atoms with Gasteiger partial charge in [-0.3, -0.25) is 4.79 Å². The van der Waals surface area contributed by atoms with Crippen molar-refractivity contribution in [1.82, 2.24) is 5.32 Å². The van der Waals surface area contributed by atoms with Gasteiger partial charge in [0.2, 0.25) is 5.91 Å². The molecule has 1 aromatic carbocycles. The number of benzene rings is 1. The second-order valence-corrected chi connectivity index (χ2v) is 9.37. The minimum absolute atomic E-state index is 0.0841. The summed E-state index contributed by atoms with van der Waals surface area (Å²) in [6, 6.07) is 5.59. The molecule has 0 aliphatic heterocycles. The van der Waals surface area contributed by atoms with Crippen molar-refractivity contribution < 1.29 is 14.3 Å². The van der Waals surface area contributed by atoms with Crippen LogP contribution in [0, 0.1) is 37.0 Å². The van der Waals surface area contributed by atoms with Crippen molar-refractivity contribution in [2.45, 2.75) is 64.8 Å². The number of carbonyl (C=O) groups excluding carboxylic acids is 2. The molecule has 0 radical (unpaired) electrons. The van der Waals surface area contributed by atoms with Crippen molar-refractivity contribution in [3.05, 3.63) is 34.9 Å². The van der Waals surface area contributed by atoms with Gasteiger partial charge in [-0.1, -0.05) is 18.2 Å². The lowest BCUT2D eigenvalue weighted by atomic mass is 9.49. The van der Waals surface area contributed by atoms with Gasteiger partial charge in [0.05, 0.1) is 7.11 Å². The topological polar surface area (TPSA) is 55.4 Å². The Morgan fingerprint density at radius 3 is 2.19 bits per heavy atom. The Kier molecular flexibility index (Phi) is 4.77. The molecule has 4 bridgehead atoms. The summed E-state index contributed by atoms with van der Waals surface area (Å²) >= 11 is 0. The molecule has 27 heavy (non-hydrogen) atoms. The monoisotopic (exact) mass is 369 g/mol. The first-order chi connectivity index (χ1) is 12.9. The van der Waals surface area contributed by atoms with Crippen LogP contribution in [0.15, 0.2) is 18.2 Å². The van der Waals surface area contributed by atoms with E-state index in [1.807, 2.05) is 6.07 Å². The zero-order valence-corrected chi connectivity index (χ0v) is 16.7. The highest BCUT2D eigenvalue weighted by Crippen LogP contribution is 2.60. The van der Waals surface area contributed by atoms with Gasteiger partial charge in [-0.25, -0.2) is 4.79 Å². The minimum Gasteiger partial charge on any atom is -0.467 e. The summed E-state index contributed by atoms with van der Waals surface area (Å²) in [6.07, 6.45) is 7.39. The van der Waals surface area contributed by atoms with Gasteiger partial charge in [0.1, 0.15) is 6.04 Å². The Hall–Kier alpha value is -1.84. The summed E-state index contributed by atoms with van der Waals surface area (Å²) in [6.45, 7) is 4.14. The maximum absolute atomic E-state index is 13.3. The van der Waals surface area contributed by atoms with Crippen LogP contribution >= 0.6 is 0 Å². The molecule has 4 fully saturated rings. The number of methoxy groups -OCH3 is 1. The van der Waals surface area contributed by atoms with Crippen molar-refractivity contribution in [2.75, 3.05) is 7.11 Å². The average Bonchev–Trinajstić information content (AvgIpc) is 2.62. The lowest BCUT2D eigenvalue weighted by molar-refractivity contribution is -0.152. The zero-order chi connectivity index (χ0) is 19.2. The third-order valence-electron chi connectivity index (χ3n) is 7.32.